The molecule has 56 heavy (non-hydrogen) atoms. The van der Waals surface area contributed by atoms with Gasteiger partial charge in [0.25, 0.3) is 0 Å². The van der Waals surface area contributed by atoms with Gasteiger partial charge in [0.05, 0.1) is 18.2 Å². The van der Waals surface area contributed by atoms with Crippen molar-refractivity contribution in [2.45, 2.75) is 31.6 Å². The van der Waals surface area contributed by atoms with E-state index in [2.05, 4.69) is 202 Å². The molecule has 0 unspecified atom stereocenters. The molecule has 2 nitrogen and oxygen atoms in total. The van der Waals surface area contributed by atoms with Crippen LogP contribution in [0.3, 0.4) is 0 Å². The third-order valence-electron chi connectivity index (χ3n) is 12.4. The summed E-state index contributed by atoms with van der Waals surface area (Å²) in [5, 5.41) is 0. The molecular weight excluding hydrogens is 679 g/mol. The number of anilines is 3. The minimum absolute atomic E-state index is 0.137. The number of hydrogen-bond acceptors (Lipinski definition) is 2. The summed E-state index contributed by atoms with van der Waals surface area (Å²) in [5.41, 5.74) is 19.4. The van der Waals surface area contributed by atoms with Gasteiger partial charge in [-0.25, -0.2) is 0 Å². The molecule has 0 saturated heterocycles. The molecule has 0 atom stereocenters. The molecule has 0 saturated carbocycles. The lowest BCUT2D eigenvalue weighted by atomic mass is 9.68. The van der Waals surface area contributed by atoms with Gasteiger partial charge in [0.1, 0.15) is 5.75 Å². The van der Waals surface area contributed by atoms with Gasteiger partial charge < -0.3 is 9.64 Å². The normalized spacial score (nSPS) is 14.0. The highest BCUT2D eigenvalue weighted by Crippen LogP contribution is 2.60. The molecule has 270 valence electrons. The number of hydrogen-bond donors (Lipinski definition) is 0. The molecule has 2 heteroatoms. The molecule has 8 aromatic carbocycles. The molecule has 0 aliphatic heterocycles. The first-order valence-corrected chi connectivity index (χ1v) is 19.6. The van der Waals surface area contributed by atoms with Crippen LogP contribution >= 0.6 is 0 Å². The number of nitrogens with zero attached hydrogens (tertiary/aromatic N) is 1. The third kappa shape index (κ3) is 4.95. The maximum Gasteiger partial charge on any atom is 0.118 e. The fourth-order valence-corrected chi connectivity index (χ4v) is 9.77. The number of rotatable bonds is 7. The van der Waals surface area contributed by atoms with Gasteiger partial charge in [0.2, 0.25) is 0 Å². The van der Waals surface area contributed by atoms with Crippen LogP contribution in [0.15, 0.2) is 188 Å². The minimum atomic E-state index is -0.495. The van der Waals surface area contributed by atoms with E-state index in [0.717, 1.165) is 28.4 Å². The first-order chi connectivity index (χ1) is 27.4. The topological polar surface area (TPSA) is 12.5 Å². The van der Waals surface area contributed by atoms with E-state index in [9.17, 15) is 0 Å². The number of methoxy groups -OCH3 is 1. The van der Waals surface area contributed by atoms with E-state index in [4.69, 9.17) is 4.74 Å². The van der Waals surface area contributed by atoms with Gasteiger partial charge in [-0.15, -0.1) is 0 Å². The van der Waals surface area contributed by atoms with Crippen molar-refractivity contribution in [3.63, 3.8) is 0 Å². The molecular formula is C54H43NO. The van der Waals surface area contributed by atoms with Crippen LogP contribution in [0.5, 0.6) is 5.75 Å². The smallest absolute Gasteiger partial charge is 0.118 e. The summed E-state index contributed by atoms with van der Waals surface area (Å²) in [6.07, 6.45) is 0. The number of ether oxygens (including phenoxy) is 1. The van der Waals surface area contributed by atoms with Gasteiger partial charge in [0, 0.05) is 22.4 Å². The number of benzene rings is 8. The largest absolute Gasteiger partial charge is 0.497 e. The van der Waals surface area contributed by atoms with Crippen molar-refractivity contribution >= 4 is 17.1 Å². The molecule has 2 aliphatic carbocycles. The molecule has 0 spiro atoms. The Morgan fingerprint density at radius 3 is 1.71 bits per heavy atom. The van der Waals surface area contributed by atoms with Crippen molar-refractivity contribution in [1.82, 2.24) is 0 Å². The van der Waals surface area contributed by atoms with Gasteiger partial charge >= 0.3 is 0 Å². The van der Waals surface area contributed by atoms with Crippen LogP contribution in [0.4, 0.5) is 17.1 Å². The minimum Gasteiger partial charge on any atom is -0.497 e. The van der Waals surface area contributed by atoms with Crippen molar-refractivity contribution in [2.75, 3.05) is 12.0 Å². The van der Waals surface area contributed by atoms with Crippen LogP contribution < -0.4 is 9.64 Å². The van der Waals surface area contributed by atoms with Crippen molar-refractivity contribution in [3.8, 4) is 39.1 Å². The molecule has 2 aliphatic rings. The van der Waals surface area contributed by atoms with E-state index < -0.39 is 5.41 Å². The number of fused-ring (bicyclic) bond motifs is 6. The van der Waals surface area contributed by atoms with Gasteiger partial charge in [0.15, 0.2) is 0 Å². The Labute approximate surface area is 330 Å². The van der Waals surface area contributed by atoms with Crippen molar-refractivity contribution < 1.29 is 4.74 Å². The zero-order valence-electron chi connectivity index (χ0n) is 32.3. The SMILES string of the molecule is COc1ccc(-c2ccc(N(c3ccc4c(c3)C(C)(C)c3ccccc3-4)c3cccc4c3-c3ccccc3C4(c3ccccc3)c3ccccc3)c(C)c2)cc1. The van der Waals surface area contributed by atoms with Crippen LogP contribution in [0.2, 0.25) is 0 Å². The average Bonchev–Trinajstić information content (AvgIpc) is 3.68. The van der Waals surface area contributed by atoms with E-state index in [1.165, 1.54) is 66.8 Å². The number of aryl methyl sites for hydroxylation is 1. The van der Waals surface area contributed by atoms with E-state index in [1.54, 1.807) is 7.11 Å². The fraction of sp³-hybridized carbons (Fsp3) is 0.111. The Morgan fingerprint density at radius 2 is 1.04 bits per heavy atom. The lowest BCUT2D eigenvalue weighted by Gasteiger charge is -2.35. The predicted octanol–water partition coefficient (Wildman–Crippen LogP) is 13.8. The summed E-state index contributed by atoms with van der Waals surface area (Å²) in [6.45, 7) is 6.98. The van der Waals surface area contributed by atoms with Crippen LogP contribution in [-0.2, 0) is 10.8 Å². The second-order valence-corrected chi connectivity index (χ2v) is 15.7. The van der Waals surface area contributed by atoms with Crippen LogP contribution in [0.1, 0.15) is 52.8 Å². The molecule has 0 bridgehead atoms. The van der Waals surface area contributed by atoms with Crippen LogP contribution in [0, 0.1) is 6.92 Å². The van der Waals surface area contributed by atoms with Gasteiger partial charge in [-0.05, 0) is 116 Å². The summed E-state index contributed by atoms with van der Waals surface area (Å²) >= 11 is 0. The fourth-order valence-electron chi connectivity index (χ4n) is 9.77. The van der Waals surface area contributed by atoms with E-state index >= 15 is 0 Å². The third-order valence-corrected chi connectivity index (χ3v) is 12.4. The molecule has 0 heterocycles. The van der Waals surface area contributed by atoms with Crippen molar-refractivity contribution in [2.24, 2.45) is 0 Å². The highest BCUT2D eigenvalue weighted by molar-refractivity contribution is 5.98. The molecule has 10 rings (SSSR count). The van der Waals surface area contributed by atoms with Crippen molar-refractivity contribution in [3.05, 3.63) is 227 Å². The Kier molecular flexibility index (Phi) is 7.87. The summed E-state index contributed by atoms with van der Waals surface area (Å²) in [6, 6.07) is 69.4. The lowest BCUT2D eigenvalue weighted by molar-refractivity contribution is 0.415. The van der Waals surface area contributed by atoms with E-state index in [1.807, 2.05) is 12.1 Å². The molecule has 0 fully saturated rings. The first kappa shape index (κ1) is 33.9. The average molecular weight is 722 g/mol. The first-order valence-electron chi connectivity index (χ1n) is 19.6. The highest BCUT2D eigenvalue weighted by atomic mass is 16.5. The Balaban J connectivity index is 1.25. The maximum absolute atomic E-state index is 5.47. The highest BCUT2D eigenvalue weighted by Gasteiger charge is 2.47. The summed E-state index contributed by atoms with van der Waals surface area (Å²) in [5.74, 6) is 0.857. The molecule has 0 radical (unpaired) electrons. The predicted molar refractivity (Wildman–Crippen MR) is 233 cm³/mol. The van der Waals surface area contributed by atoms with Crippen LogP contribution in [0.25, 0.3) is 33.4 Å². The summed E-state index contributed by atoms with van der Waals surface area (Å²) < 4.78 is 5.47. The van der Waals surface area contributed by atoms with Gasteiger partial charge in [-0.1, -0.05) is 159 Å². The second-order valence-electron chi connectivity index (χ2n) is 15.7. The quantitative estimate of drug-likeness (QED) is 0.162. The molecule has 0 aromatic heterocycles. The zero-order valence-corrected chi connectivity index (χ0v) is 32.3. The van der Waals surface area contributed by atoms with Gasteiger partial charge in [-0.2, -0.15) is 0 Å². The Bertz CT molecular complexity index is 2720. The van der Waals surface area contributed by atoms with Crippen molar-refractivity contribution in [1.29, 1.82) is 0 Å². The summed E-state index contributed by atoms with van der Waals surface area (Å²) in [7, 11) is 1.71. The maximum atomic E-state index is 5.47. The molecule has 0 N–H and O–H groups in total. The molecule has 8 aromatic rings. The standard InChI is InChI=1S/C54H43NO/c1-36-34-38(37-26-30-42(56-4)31-27-37)28-33-50(36)55(41-29-32-44-43-20-11-13-22-46(43)53(2,3)49(44)35-41)51-25-15-24-48-52(51)45-21-12-14-23-47(45)54(48,39-16-7-5-8-17-39)40-18-9-6-10-19-40/h5-35H,1-4H3. The van der Waals surface area contributed by atoms with Gasteiger partial charge in [-0.3, -0.25) is 0 Å². The summed E-state index contributed by atoms with van der Waals surface area (Å²) in [4.78, 5) is 2.52. The monoisotopic (exact) mass is 721 g/mol. The Morgan fingerprint density at radius 1 is 0.446 bits per heavy atom. The zero-order chi connectivity index (χ0) is 38.0. The van der Waals surface area contributed by atoms with E-state index in [-0.39, 0.29) is 5.41 Å². The second kappa shape index (κ2) is 13.0. The van der Waals surface area contributed by atoms with Crippen LogP contribution in [-0.4, -0.2) is 7.11 Å². The Hall–Kier alpha value is -6.64. The molecule has 0 amide bonds. The lowest BCUT2D eigenvalue weighted by Crippen LogP contribution is -2.28. The van der Waals surface area contributed by atoms with E-state index in [0.29, 0.717) is 0 Å².